The highest BCUT2D eigenvalue weighted by Crippen LogP contribution is 2.36. The van der Waals surface area contributed by atoms with Crippen molar-refractivity contribution in [3.8, 4) is 12.1 Å². The van der Waals surface area contributed by atoms with E-state index in [4.69, 9.17) is 10.5 Å². The number of halogens is 1. The van der Waals surface area contributed by atoms with Crippen LogP contribution in [0.15, 0.2) is 0 Å². The predicted octanol–water partition coefficient (Wildman–Crippen LogP) is 2.21. The van der Waals surface area contributed by atoms with Gasteiger partial charge in [-0.2, -0.15) is 10.5 Å². The summed E-state index contributed by atoms with van der Waals surface area (Å²) in [6.45, 7) is 0. The Morgan fingerprint density at radius 1 is 1.27 bits per heavy atom. The zero-order valence-corrected chi connectivity index (χ0v) is 7.71. The number of rotatable bonds is 1. The van der Waals surface area contributed by atoms with Gasteiger partial charge in [-0.3, -0.25) is 0 Å². The average Bonchev–Trinajstić information content (AvgIpc) is 2.40. The van der Waals surface area contributed by atoms with Gasteiger partial charge in [-0.05, 0) is 12.8 Å². The van der Waals surface area contributed by atoms with Gasteiger partial charge in [0.2, 0.25) is 0 Å². The highest BCUT2D eigenvalue weighted by atomic mass is 79.9. The molecule has 58 valence electrons. The van der Waals surface area contributed by atoms with Gasteiger partial charge in [-0.25, -0.2) is 0 Å². The summed E-state index contributed by atoms with van der Waals surface area (Å²) in [7, 11) is 0. The van der Waals surface area contributed by atoms with Crippen molar-refractivity contribution < 1.29 is 0 Å². The van der Waals surface area contributed by atoms with Crippen molar-refractivity contribution in [3.05, 3.63) is 0 Å². The van der Waals surface area contributed by atoms with E-state index < -0.39 is 5.92 Å². The topological polar surface area (TPSA) is 47.6 Å². The summed E-state index contributed by atoms with van der Waals surface area (Å²) in [5.74, 6) is -0.160. The van der Waals surface area contributed by atoms with Gasteiger partial charge in [0, 0.05) is 10.7 Å². The second-order valence-electron chi connectivity index (χ2n) is 2.85. The molecule has 0 amide bonds. The maximum atomic E-state index is 8.61. The van der Waals surface area contributed by atoms with E-state index >= 15 is 0 Å². The molecule has 3 heteroatoms. The minimum absolute atomic E-state index is 0.255. The van der Waals surface area contributed by atoms with E-state index in [1.807, 2.05) is 12.1 Å². The minimum atomic E-state index is -0.415. The molecule has 1 aliphatic rings. The summed E-state index contributed by atoms with van der Waals surface area (Å²) in [6, 6.07) is 4.07. The van der Waals surface area contributed by atoms with Crippen LogP contribution < -0.4 is 0 Å². The van der Waals surface area contributed by atoms with Crippen LogP contribution in [0, 0.1) is 34.5 Å². The lowest BCUT2D eigenvalue weighted by Crippen LogP contribution is -2.15. The fraction of sp³-hybridized carbons (Fsp3) is 0.750. The molecule has 0 spiro atoms. The highest BCUT2D eigenvalue weighted by molar-refractivity contribution is 9.09. The first-order valence-corrected chi connectivity index (χ1v) is 4.64. The highest BCUT2D eigenvalue weighted by Gasteiger charge is 2.31. The van der Waals surface area contributed by atoms with E-state index in [-0.39, 0.29) is 5.92 Å². The Balaban J connectivity index is 2.61. The number of nitrogens with zero attached hydrogens (tertiary/aromatic N) is 2. The first-order valence-electron chi connectivity index (χ1n) is 3.73. The van der Waals surface area contributed by atoms with Crippen LogP contribution >= 0.6 is 15.9 Å². The van der Waals surface area contributed by atoms with Crippen molar-refractivity contribution in [2.75, 3.05) is 0 Å². The number of nitriles is 2. The van der Waals surface area contributed by atoms with Crippen molar-refractivity contribution in [2.24, 2.45) is 11.8 Å². The van der Waals surface area contributed by atoms with Crippen LogP contribution in [0.3, 0.4) is 0 Å². The third-order valence-electron chi connectivity index (χ3n) is 2.19. The molecule has 2 unspecified atom stereocenters. The number of hydrogen-bond donors (Lipinski definition) is 0. The van der Waals surface area contributed by atoms with Crippen LogP contribution in [0.5, 0.6) is 0 Å². The van der Waals surface area contributed by atoms with E-state index in [2.05, 4.69) is 15.9 Å². The molecule has 0 heterocycles. The molecule has 2 atom stereocenters. The lowest BCUT2D eigenvalue weighted by atomic mass is 9.94. The Hall–Kier alpha value is -0.540. The number of alkyl halides is 1. The van der Waals surface area contributed by atoms with Gasteiger partial charge in [-0.1, -0.05) is 22.4 Å². The van der Waals surface area contributed by atoms with Crippen molar-refractivity contribution in [3.63, 3.8) is 0 Å². The predicted molar refractivity (Wildman–Crippen MR) is 44.8 cm³/mol. The van der Waals surface area contributed by atoms with E-state index in [0.717, 1.165) is 19.3 Å². The van der Waals surface area contributed by atoms with Crippen LogP contribution in [0.4, 0.5) is 0 Å². The smallest absolute Gasteiger partial charge is 0.137 e. The van der Waals surface area contributed by atoms with Gasteiger partial charge in [0.15, 0.2) is 0 Å². The summed E-state index contributed by atoms with van der Waals surface area (Å²) in [6.07, 6.45) is 3.26. The van der Waals surface area contributed by atoms with Gasteiger partial charge >= 0.3 is 0 Å². The molecule has 0 aliphatic heterocycles. The van der Waals surface area contributed by atoms with Gasteiger partial charge in [-0.15, -0.1) is 0 Å². The summed E-state index contributed by atoms with van der Waals surface area (Å²) in [5, 5.41) is 17.2. The van der Waals surface area contributed by atoms with Crippen molar-refractivity contribution in [2.45, 2.75) is 24.1 Å². The van der Waals surface area contributed by atoms with E-state index in [9.17, 15) is 0 Å². The molecule has 0 aromatic carbocycles. The standard InChI is InChI=1S/C8H9BrN2/c9-8-3-1-2-7(8)6(4-10)5-11/h6-8H,1-3H2. The van der Waals surface area contributed by atoms with Crippen LogP contribution in [0.1, 0.15) is 19.3 Å². The second-order valence-corrected chi connectivity index (χ2v) is 4.02. The van der Waals surface area contributed by atoms with E-state index in [1.54, 1.807) is 0 Å². The molecular weight excluding hydrogens is 204 g/mol. The molecular formula is C8H9BrN2. The Kier molecular flexibility index (Phi) is 2.91. The molecule has 0 bridgehead atoms. The maximum absolute atomic E-state index is 8.61. The van der Waals surface area contributed by atoms with Crippen LogP contribution in [0.25, 0.3) is 0 Å². The first kappa shape index (κ1) is 8.56. The van der Waals surface area contributed by atoms with Crippen LogP contribution in [-0.2, 0) is 0 Å². The van der Waals surface area contributed by atoms with E-state index in [0.29, 0.717) is 4.83 Å². The van der Waals surface area contributed by atoms with Crippen molar-refractivity contribution >= 4 is 15.9 Å². The molecule has 2 nitrogen and oxygen atoms in total. The molecule has 0 N–H and O–H groups in total. The maximum Gasteiger partial charge on any atom is 0.137 e. The zero-order valence-electron chi connectivity index (χ0n) is 6.13. The van der Waals surface area contributed by atoms with Crippen molar-refractivity contribution in [1.82, 2.24) is 0 Å². The lowest BCUT2D eigenvalue weighted by molar-refractivity contribution is 0.500. The third kappa shape index (κ3) is 1.73. The quantitative estimate of drug-likeness (QED) is 0.627. The summed E-state index contributed by atoms with van der Waals surface area (Å²) >= 11 is 3.48. The molecule has 1 fully saturated rings. The molecule has 1 aliphatic carbocycles. The van der Waals surface area contributed by atoms with Gasteiger partial charge in [0.25, 0.3) is 0 Å². The van der Waals surface area contributed by atoms with Gasteiger partial charge in [0.1, 0.15) is 5.92 Å². The Bertz CT molecular complexity index is 199. The fourth-order valence-electron chi connectivity index (χ4n) is 1.54. The molecule has 0 aromatic rings. The number of hydrogen-bond acceptors (Lipinski definition) is 2. The zero-order chi connectivity index (χ0) is 8.27. The second kappa shape index (κ2) is 3.74. The Labute approximate surface area is 74.9 Å². The summed E-state index contributed by atoms with van der Waals surface area (Å²) < 4.78 is 0. The lowest BCUT2D eigenvalue weighted by Gasteiger charge is -2.12. The monoisotopic (exact) mass is 212 g/mol. The molecule has 0 saturated heterocycles. The summed E-state index contributed by atoms with van der Waals surface area (Å²) in [4.78, 5) is 0.381. The minimum Gasteiger partial charge on any atom is -0.197 e. The van der Waals surface area contributed by atoms with E-state index in [1.165, 1.54) is 0 Å². The molecule has 1 rings (SSSR count). The molecule has 11 heavy (non-hydrogen) atoms. The average molecular weight is 213 g/mol. The Morgan fingerprint density at radius 3 is 2.27 bits per heavy atom. The van der Waals surface area contributed by atoms with Gasteiger partial charge in [0.05, 0.1) is 12.1 Å². The van der Waals surface area contributed by atoms with Crippen molar-refractivity contribution in [1.29, 1.82) is 10.5 Å². The largest absolute Gasteiger partial charge is 0.197 e. The third-order valence-corrected chi connectivity index (χ3v) is 3.33. The van der Waals surface area contributed by atoms with Crippen LogP contribution in [0.2, 0.25) is 0 Å². The normalized spacial score (nSPS) is 29.8. The molecule has 1 saturated carbocycles. The summed E-state index contributed by atoms with van der Waals surface area (Å²) in [5.41, 5.74) is 0. The SMILES string of the molecule is N#CC(C#N)C1CCCC1Br. The Morgan fingerprint density at radius 2 is 1.91 bits per heavy atom. The molecule has 0 aromatic heterocycles. The van der Waals surface area contributed by atoms with Crippen LogP contribution in [-0.4, -0.2) is 4.83 Å². The van der Waals surface area contributed by atoms with Gasteiger partial charge < -0.3 is 0 Å². The fourth-order valence-corrected chi connectivity index (χ4v) is 2.43. The molecule has 0 radical (unpaired) electrons. The first-order chi connectivity index (χ1) is 5.29.